The van der Waals surface area contributed by atoms with E-state index in [1.54, 1.807) is 6.07 Å². The highest BCUT2D eigenvalue weighted by Crippen LogP contribution is 2.27. The summed E-state index contributed by atoms with van der Waals surface area (Å²) in [4.78, 5) is 12.6. The Morgan fingerprint density at radius 1 is 1.19 bits per heavy atom. The molecule has 3 nitrogen and oxygen atoms in total. The summed E-state index contributed by atoms with van der Waals surface area (Å²) in [7, 11) is 0. The third-order valence-electron chi connectivity index (χ3n) is 3.48. The third kappa shape index (κ3) is 3.71. The Balaban J connectivity index is 2.22. The average Bonchev–Trinajstić information content (AvgIpc) is 2.47. The van der Waals surface area contributed by atoms with E-state index in [0.29, 0.717) is 5.69 Å². The fourth-order valence-corrected chi connectivity index (χ4v) is 2.44. The maximum Gasteiger partial charge on any atom is 0.234 e. The molecule has 0 radical (unpaired) electrons. The molecule has 2 aromatic carbocycles. The number of halogens is 1. The van der Waals surface area contributed by atoms with E-state index in [-0.39, 0.29) is 12.5 Å². The molecule has 0 bridgehead atoms. The SMILES string of the molecule is CC(C)(C(=O)Nc1cccc(CO)c1)c1cccc(Br)c1. The van der Waals surface area contributed by atoms with Gasteiger partial charge in [0.25, 0.3) is 0 Å². The van der Waals surface area contributed by atoms with Crippen LogP contribution in [0.25, 0.3) is 0 Å². The van der Waals surface area contributed by atoms with E-state index in [0.717, 1.165) is 15.6 Å². The second-order valence-electron chi connectivity index (χ2n) is 5.45. The first-order chi connectivity index (χ1) is 9.93. The highest BCUT2D eigenvalue weighted by molar-refractivity contribution is 9.10. The van der Waals surface area contributed by atoms with Gasteiger partial charge in [-0.25, -0.2) is 0 Å². The number of rotatable bonds is 4. The van der Waals surface area contributed by atoms with Gasteiger partial charge in [0.2, 0.25) is 5.91 Å². The van der Waals surface area contributed by atoms with Gasteiger partial charge >= 0.3 is 0 Å². The Bertz CT molecular complexity index is 653. The van der Waals surface area contributed by atoms with Crippen LogP contribution < -0.4 is 5.32 Å². The van der Waals surface area contributed by atoms with Crippen LogP contribution in [-0.2, 0) is 16.8 Å². The molecule has 0 fully saturated rings. The predicted molar refractivity (Wildman–Crippen MR) is 88.2 cm³/mol. The highest BCUT2D eigenvalue weighted by Gasteiger charge is 2.29. The lowest BCUT2D eigenvalue weighted by atomic mass is 9.83. The number of benzene rings is 2. The summed E-state index contributed by atoms with van der Waals surface area (Å²) in [5.74, 6) is -0.0873. The molecule has 110 valence electrons. The molecule has 0 aromatic heterocycles. The van der Waals surface area contributed by atoms with Crippen molar-refractivity contribution in [3.8, 4) is 0 Å². The van der Waals surface area contributed by atoms with Crippen LogP contribution in [-0.4, -0.2) is 11.0 Å². The Labute approximate surface area is 133 Å². The minimum atomic E-state index is -0.654. The molecule has 2 rings (SSSR count). The zero-order chi connectivity index (χ0) is 15.5. The minimum Gasteiger partial charge on any atom is -0.392 e. The molecular weight excluding hydrogens is 330 g/mol. The van der Waals surface area contributed by atoms with Crippen molar-refractivity contribution in [2.75, 3.05) is 5.32 Å². The van der Waals surface area contributed by atoms with E-state index in [1.807, 2.05) is 56.3 Å². The largest absolute Gasteiger partial charge is 0.392 e. The monoisotopic (exact) mass is 347 g/mol. The van der Waals surface area contributed by atoms with E-state index in [2.05, 4.69) is 21.2 Å². The van der Waals surface area contributed by atoms with E-state index >= 15 is 0 Å². The van der Waals surface area contributed by atoms with Crippen molar-refractivity contribution in [1.82, 2.24) is 0 Å². The minimum absolute atomic E-state index is 0.0429. The van der Waals surface area contributed by atoms with Gasteiger partial charge in [-0.15, -0.1) is 0 Å². The van der Waals surface area contributed by atoms with Crippen molar-refractivity contribution in [3.05, 3.63) is 64.1 Å². The molecule has 1 amide bonds. The lowest BCUT2D eigenvalue weighted by Gasteiger charge is -2.24. The summed E-state index contributed by atoms with van der Waals surface area (Å²) < 4.78 is 0.947. The Morgan fingerprint density at radius 2 is 1.90 bits per heavy atom. The third-order valence-corrected chi connectivity index (χ3v) is 3.97. The quantitative estimate of drug-likeness (QED) is 0.882. The molecule has 0 atom stereocenters. The zero-order valence-corrected chi connectivity index (χ0v) is 13.6. The molecule has 0 heterocycles. The zero-order valence-electron chi connectivity index (χ0n) is 12.1. The molecule has 2 N–H and O–H groups in total. The maximum absolute atomic E-state index is 12.6. The molecule has 0 aliphatic heterocycles. The van der Waals surface area contributed by atoms with E-state index in [9.17, 15) is 4.79 Å². The van der Waals surface area contributed by atoms with Crippen molar-refractivity contribution in [2.24, 2.45) is 0 Å². The van der Waals surface area contributed by atoms with Gasteiger partial charge in [0.15, 0.2) is 0 Å². The van der Waals surface area contributed by atoms with Crippen molar-refractivity contribution in [3.63, 3.8) is 0 Å². The Hall–Kier alpha value is -1.65. The van der Waals surface area contributed by atoms with Crippen molar-refractivity contribution < 1.29 is 9.90 Å². The summed E-state index contributed by atoms with van der Waals surface area (Å²) in [6.07, 6.45) is 0. The molecule has 0 aliphatic rings. The van der Waals surface area contributed by atoms with Crippen LogP contribution in [0.2, 0.25) is 0 Å². The fraction of sp³-hybridized carbons (Fsp3) is 0.235. The predicted octanol–water partition coefficient (Wildman–Crippen LogP) is 3.86. The van der Waals surface area contributed by atoms with E-state index < -0.39 is 5.41 Å². The van der Waals surface area contributed by atoms with Crippen LogP contribution in [0.1, 0.15) is 25.0 Å². The number of nitrogens with one attached hydrogen (secondary N) is 1. The maximum atomic E-state index is 12.6. The van der Waals surface area contributed by atoms with Crippen LogP contribution in [0.15, 0.2) is 53.0 Å². The van der Waals surface area contributed by atoms with Gasteiger partial charge in [0.05, 0.1) is 12.0 Å². The van der Waals surface area contributed by atoms with Crippen LogP contribution in [0.4, 0.5) is 5.69 Å². The molecule has 4 heteroatoms. The van der Waals surface area contributed by atoms with Gasteiger partial charge in [-0.2, -0.15) is 0 Å². The summed E-state index contributed by atoms with van der Waals surface area (Å²) in [6.45, 7) is 3.73. The summed E-state index contributed by atoms with van der Waals surface area (Å²) in [5, 5.41) is 12.1. The topological polar surface area (TPSA) is 49.3 Å². The number of carbonyl (C=O) groups excluding carboxylic acids is 1. The number of hydrogen-bond donors (Lipinski definition) is 2. The van der Waals surface area contributed by atoms with Gasteiger partial charge < -0.3 is 10.4 Å². The highest BCUT2D eigenvalue weighted by atomic mass is 79.9. The lowest BCUT2D eigenvalue weighted by Crippen LogP contribution is -2.34. The average molecular weight is 348 g/mol. The second-order valence-corrected chi connectivity index (χ2v) is 6.36. The van der Waals surface area contributed by atoms with E-state index in [4.69, 9.17) is 5.11 Å². The first-order valence-electron chi connectivity index (χ1n) is 6.71. The van der Waals surface area contributed by atoms with Gasteiger partial charge in [-0.3, -0.25) is 4.79 Å². The van der Waals surface area contributed by atoms with Crippen molar-refractivity contribution >= 4 is 27.5 Å². The lowest BCUT2D eigenvalue weighted by molar-refractivity contribution is -0.120. The van der Waals surface area contributed by atoms with Gasteiger partial charge in [-0.05, 0) is 49.2 Å². The molecule has 0 aliphatic carbocycles. The smallest absolute Gasteiger partial charge is 0.234 e. The van der Waals surface area contributed by atoms with E-state index in [1.165, 1.54) is 0 Å². The number of amides is 1. The standard InChI is InChI=1S/C17H18BrNO2/c1-17(2,13-6-4-7-14(18)10-13)16(21)19-15-8-3-5-12(9-15)11-20/h3-10,20H,11H2,1-2H3,(H,19,21). The summed E-state index contributed by atoms with van der Waals surface area (Å²) >= 11 is 3.43. The first kappa shape index (κ1) is 15.7. The van der Waals surface area contributed by atoms with Gasteiger partial charge in [0.1, 0.15) is 0 Å². The molecule has 0 spiro atoms. The number of aliphatic hydroxyl groups is 1. The second kappa shape index (κ2) is 6.41. The van der Waals surface area contributed by atoms with Gasteiger partial charge in [0, 0.05) is 10.2 Å². The normalized spacial score (nSPS) is 11.2. The molecule has 0 saturated carbocycles. The summed E-state index contributed by atoms with van der Waals surface area (Å²) in [5.41, 5.74) is 1.74. The van der Waals surface area contributed by atoms with Crippen LogP contribution >= 0.6 is 15.9 Å². The molecule has 21 heavy (non-hydrogen) atoms. The molecule has 0 saturated heterocycles. The number of anilines is 1. The first-order valence-corrected chi connectivity index (χ1v) is 7.50. The Kier molecular flexibility index (Phi) is 4.80. The van der Waals surface area contributed by atoms with Crippen LogP contribution in [0.3, 0.4) is 0 Å². The number of aliphatic hydroxyl groups excluding tert-OH is 1. The van der Waals surface area contributed by atoms with Gasteiger partial charge in [-0.1, -0.05) is 40.2 Å². The number of hydrogen-bond acceptors (Lipinski definition) is 2. The molecule has 2 aromatic rings. The number of carbonyl (C=O) groups is 1. The summed E-state index contributed by atoms with van der Waals surface area (Å²) in [6, 6.07) is 15.0. The van der Waals surface area contributed by atoms with Crippen molar-refractivity contribution in [1.29, 1.82) is 0 Å². The van der Waals surface area contributed by atoms with Crippen LogP contribution in [0.5, 0.6) is 0 Å². The Morgan fingerprint density at radius 3 is 2.57 bits per heavy atom. The van der Waals surface area contributed by atoms with Crippen LogP contribution in [0, 0.1) is 0 Å². The molecular formula is C17H18BrNO2. The molecule has 0 unspecified atom stereocenters. The van der Waals surface area contributed by atoms with Crippen molar-refractivity contribution in [2.45, 2.75) is 25.9 Å². The fourth-order valence-electron chi connectivity index (χ4n) is 2.04.